The van der Waals surface area contributed by atoms with E-state index < -0.39 is 47.0 Å². The van der Waals surface area contributed by atoms with Crippen molar-refractivity contribution >= 4 is 23.5 Å². The minimum Gasteiger partial charge on any atom is -0.467 e. The van der Waals surface area contributed by atoms with Gasteiger partial charge in [-0.15, -0.1) is 0 Å². The minimum atomic E-state index is -1.66. The number of fused-ring (bicyclic) bond motifs is 1. The van der Waals surface area contributed by atoms with Crippen LogP contribution in [0.15, 0.2) is 84.9 Å². The van der Waals surface area contributed by atoms with Gasteiger partial charge < -0.3 is 4.74 Å². The first-order chi connectivity index (χ1) is 16.0. The largest absolute Gasteiger partial charge is 0.467 e. The molecule has 2 amide bonds. The maximum absolute atomic E-state index is 14.9. The second kappa shape index (κ2) is 7.94. The Morgan fingerprint density at radius 1 is 0.909 bits per heavy atom. The van der Waals surface area contributed by atoms with Gasteiger partial charge in [0.25, 0.3) is 0 Å². The lowest BCUT2D eigenvalue weighted by Crippen LogP contribution is -2.53. The fourth-order valence-electron chi connectivity index (χ4n) is 5.17. The Hall–Kier alpha value is -3.84. The summed E-state index contributed by atoms with van der Waals surface area (Å²) in [7, 11) is 1.23. The van der Waals surface area contributed by atoms with Crippen molar-refractivity contribution in [2.45, 2.75) is 11.6 Å². The first kappa shape index (κ1) is 21.0. The minimum absolute atomic E-state index is 0.213. The standard InChI is InChI=1S/C26H21FN2O4/c1-33-25(32)26(16-10-4-2-5-11-16)21-20(22(28-26)18-14-8-9-15-19(18)27)23(30)29(24(21)31)17-12-6-3-7-13-17/h2-15,20-22,28H,1H3/t20-,21-,22-,26+/m0/s1. The molecular weight excluding hydrogens is 423 g/mol. The number of benzene rings is 3. The third kappa shape index (κ3) is 3.00. The Morgan fingerprint density at radius 2 is 1.52 bits per heavy atom. The zero-order chi connectivity index (χ0) is 23.2. The number of hydrogen-bond donors (Lipinski definition) is 1. The number of amides is 2. The van der Waals surface area contributed by atoms with E-state index in [4.69, 9.17) is 4.74 Å². The van der Waals surface area contributed by atoms with Gasteiger partial charge >= 0.3 is 5.97 Å². The highest BCUT2D eigenvalue weighted by Gasteiger charge is 2.69. The zero-order valence-corrected chi connectivity index (χ0v) is 17.8. The van der Waals surface area contributed by atoms with Gasteiger partial charge in [-0.05, 0) is 23.8 Å². The summed E-state index contributed by atoms with van der Waals surface area (Å²) in [6.07, 6.45) is 0. The van der Waals surface area contributed by atoms with E-state index in [1.54, 1.807) is 78.9 Å². The Balaban J connectivity index is 1.75. The number of para-hydroxylation sites is 1. The number of carbonyl (C=O) groups is 3. The lowest BCUT2D eigenvalue weighted by atomic mass is 9.75. The van der Waals surface area contributed by atoms with Crippen molar-refractivity contribution in [1.82, 2.24) is 5.32 Å². The second-order valence-corrected chi connectivity index (χ2v) is 8.16. The van der Waals surface area contributed by atoms with Crippen LogP contribution >= 0.6 is 0 Å². The molecule has 0 aliphatic carbocycles. The van der Waals surface area contributed by atoms with Crippen molar-refractivity contribution in [3.8, 4) is 0 Å². The molecular formula is C26H21FN2O4. The summed E-state index contributed by atoms with van der Waals surface area (Å²) in [5.41, 5.74) is -0.572. The van der Waals surface area contributed by atoms with Crippen LogP contribution in [0.3, 0.4) is 0 Å². The Kier molecular flexibility index (Phi) is 5.06. The molecule has 2 saturated heterocycles. The van der Waals surface area contributed by atoms with Gasteiger partial charge in [0, 0.05) is 11.6 Å². The SMILES string of the molecule is COC(=O)[C@]1(c2ccccc2)N[C@@H](c2ccccc2F)[C@H]2C(=O)N(c3ccccc3)C(=O)[C@H]21. The molecule has 0 bridgehead atoms. The van der Waals surface area contributed by atoms with Crippen molar-refractivity contribution < 1.29 is 23.5 Å². The normalized spacial score (nSPS) is 26.4. The van der Waals surface area contributed by atoms with E-state index in [0.29, 0.717) is 11.3 Å². The molecule has 2 aliphatic rings. The van der Waals surface area contributed by atoms with Crippen LogP contribution in [0.2, 0.25) is 0 Å². The average Bonchev–Trinajstić information content (AvgIpc) is 3.34. The van der Waals surface area contributed by atoms with Crippen molar-refractivity contribution in [1.29, 1.82) is 0 Å². The van der Waals surface area contributed by atoms with Gasteiger partial charge in [-0.3, -0.25) is 14.9 Å². The number of halogens is 1. The van der Waals surface area contributed by atoms with Crippen LogP contribution in [0.1, 0.15) is 17.2 Å². The molecule has 0 saturated carbocycles. The molecule has 3 aromatic rings. The molecule has 166 valence electrons. The van der Waals surface area contributed by atoms with Crippen LogP contribution in [-0.2, 0) is 24.7 Å². The molecule has 4 atom stereocenters. The van der Waals surface area contributed by atoms with Gasteiger partial charge in [-0.25, -0.2) is 14.1 Å². The average molecular weight is 444 g/mol. The highest BCUT2D eigenvalue weighted by molar-refractivity contribution is 6.24. The van der Waals surface area contributed by atoms with E-state index >= 15 is 0 Å². The molecule has 0 aromatic heterocycles. The predicted octanol–water partition coefficient (Wildman–Crippen LogP) is 3.34. The lowest BCUT2D eigenvalue weighted by molar-refractivity contribution is -0.152. The third-order valence-electron chi connectivity index (χ3n) is 6.55. The third-order valence-corrected chi connectivity index (χ3v) is 6.55. The van der Waals surface area contributed by atoms with Gasteiger partial charge in [-0.1, -0.05) is 66.7 Å². The zero-order valence-electron chi connectivity index (χ0n) is 17.8. The first-order valence-electron chi connectivity index (χ1n) is 10.6. The van der Waals surface area contributed by atoms with Crippen LogP contribution < -0.4 is 10.2 Å². The van der Waals surface area contributed by atoms with E-state index in [-0.39, 0.29) is 5.56 Å². The van der Waals surface area contributed by atoms with Gasteiger partial charge in [0.1, 0.15) is 5.82 Å². The van der Waals surface area contributed by atoms with E-state index in [2.05, 4.69) is 5.32 Å². The molecule has 1 N–H and O–H groups in total. The summed E-state index contributed by atoms with van der Waals surface area (Å²) < 4.78 is 20.1. The molecule has 0 spiro atoms. The van der Waals surface area contributed by atoms with Gasteiger partial charge in [-0.2, -0.15) is 0 Å². The first-order valence-corrected chi connectivity index (χ1v) is 10.6. The van der Waals surface area contributed by atoms with E-state index in [0.717, 1.165) is 4.90 Å². The second-order valence-electron chi connectivity index (χ2n) is 8.16. The highest BCUT2D eigenvalue weighted by atomic mass is 19.1. The summed E-state index contributed by atoms with van der Waals surface area (Å²) in [4.78, 5) is 42.0. The topological polar surface area (TPSA) is 75.7 Å². The van der Waals surface area contributed by atoms with Crippen LogP contribution in [0.5, 0.6) is 0 Å². The molecule has 0 unspecified atom stereocenters. The number of rotatable bonds is 4. The van der Waals surface area contributed by atoms with Crippen LogP contribution in [-0.4, -0.2) is 24.9 Å². The fraction of sp³-hybridized carbons (Fsp3) is 0.192. The maximum Gasteiger partial charge on any atom is 0.331 e. The molecule has 33 heavy (non-hydrogen) atoms. The van der Waals surface area contributed by atoms with Crippen molar-refractivity contribution in [2.24, 2.45) is 11.8 Å². The van der Waals surface area contributed by atoms with Crippen LogP contribution in [0.25, 0.3) is 0 Å². The quantitative estimate of drug-likeness (QED) is 0.494. The van der Waals surface area contributed by atoms with Crippen molar-refractivity contribution in [2.75, 3.05) is 12.0 Å². The summed E-state index contributed by atoms with van der Waals surface area (Å²) >= 11 is 0. The number of hydrogen-bond acceptors (Lipinski definition) is 5. The summed E-state index contributed by atoms with van der Waals surface area (Å²) in [5.74, 6) is -4.38. The summed E-state index contributed by atoms with van der Waals surface area (Å²) in [6, 6.07) is 22.4. The van der Waals surface area contributed by atoms with Gasteiger partial charge in [0.15, 0.2) is 5.54 Å². The van der Waals surface area contributed by atoms with E-state index in [1.807, 2.05) is 0 Å². The lowest BCUT2D eigenvalue weighted by Gasteiger charge is -2.33. The van der Waals surface area contributed by atoms with E-state index in [1.165, 1.54) is 13.2 Å². The molecule has 5 rings (SSSR count). The smallest absolute Gasteiger partial charge is 0.331 e. The number of imide groups is 1. The molecule has 2 fully saturated rings. The molecule has 3 aromatic carbocycles. The summed E-state index contributed by atoms with van der Waals surface area (Å²) in [5, 5.41) is 3.18. The number of esters is 1. The van der Waals surface area contributed by atoms with E-state index in [9.17, 15) is 18.8 Å². The summed E-state index contributed by atoms with van der Waals surface area (Å²) in [6.45, 7) is 0. The number of anilines is 1. The predicted molar refractivity (Wildman–Crippen MR) is 118 cm³/mol. The monoisotopic (exact) mass is 444 g/mol. The van der Waals surface area contributed by atoms with Crippen molar-refractivity contribution in [3.63, 3.8) is 0 Å². The van der Waals surface area contributed by atoms with Crippen LogP contribution in [0, 0.1) is 17.7 Å². The molecule has 2 heterocycles. The molecule has 2 aliphatic heterocycles. The molecule has 6 nitrogen and oxygen atoms in total. The van der Waals surface area contributed by atoms with Gasteiger partial charge in [0.05, 0.1) is 24.6 Å². The Bertz CT molecular complexity index is 1230. The number of carbonyl (C=O) groups excluding carboxylic acids is 3. The maximum atomic E-state index is 14.9. The molecule has 7 heteroatoms. The highest BCUT2D eigenvalue weighted by Crippen LogP contribution is 2.54. The number of ether oxygens (including phenoxy) is 1. The van der Waals surface area contributed by atoms with Crippen molar-refractivity contribution in [3.05, 3.63) is 102 Å². The number of nitrogens with one attached hydrogen (secondary N) is 1. The number of nitrogens with zero attached hydrogens (tertiary/aromatic N) is 1. The Labute approximate surface area is 190 Å². The molecule has 0 radical (unpaired) electrons. The Morgan fingerprint density at radius 3 is 2.15 bits per heavy atom. The fourth-order valence-corrected chi connectivity index (χ4v) is 5.17. The number of methoxy groups -OCH3 is 1. The van der Waals surface area contributed by atoms with Gasteiger partial charge in [0.2, 0.25) is 11.8 Å². The van der Waals surface area contributed by atoms with Crippen LogP contribution in [0.4, 0.5) is 10.1 Å².